The Morgan fingerprint density at radius 2 is 0.968 bits per heavy atom. The molecule has 0 aromatic heterocycles. The Morgan fingerprint density at radius 3 is 1.29 bits per heavy atom. The van der Waals surface area contributed by atoms with Crippen LogP contribution >= 0.6 is 0 Å². The van der Waals surface area contributed by atoms with E-state index < -0.39 is 20.0 Å². The van der Waals surface area contributed by atoms with E-state index in [1.54, 1.807) is 30.6 Å². The second kappa shape index (κ2) is 8.30. The Morgan fingerprint density at radius 1 is 0.613 bits per heavy atom. The zero-order chi connectivity index (χ0) is 20.6. The van der Waals surface area contributed by atoms with Gasteiger partial charge in [0.25, 0.3) is 0 Å². The summed E-state index contributed by atoms with van der Waals surface area (Å²) in [4.78, 5) is 0. The molecule has 2 aliphatic carbocycles. The van der Waals surface area contributed by atoms with Crippen LogP contribution in [0, 0.1) is 10.8 Å². The van der Waals surface area contributed by atoms with E-state index >= 15 is 0 Å². The molecule has 1 fully saturated rings. The van der Waals surface area contributed by atoms with E-state index in [-0.39, 0.29) is 35.6 Å². The fourth-order valence-corrected chi connectivity index (χ4v) is 35.4. The molecule has 1 saturated heterocycles. The van der Waals surface area contributed by atoms with E-state index in [0.717, 1.165) is 7.35 Å². The Bertz CT molecular complexity index is 964. The van der Waals surface area contributed by atoms with E-state index in [9.17, 15) is 0 Å². The summed E-state index contributed by atoms with van der Waals surface area (Å²) in [6, 6.07) is 18.6. The van der Waals surface area contributed by atoms with Gasteiger partial charge in [-0.25, -0.2) is 0 Å². The first-order valence-corrected chi connectivity index (χ1v) is 20.5. The van der Waals surface area contributed by atoms with Crippen molar-refractivity contribution in [3.05, 3.63) is 81.9 Å². The van der Waals surface area contributed by atoms with Crippen LogP contribution in [0.5, 0.6) is 0 Å². The predicted molar refractivity (Wildman–Crippen MR) is 123 cm³/mol. The molecule has 0 spiro atoms. The van der Waals surface area contributed by atoms with Crippen molar-refractivity contribution in [3.63, 3.8) is 0 Å². The maximum absolute atomic E-state index is 2.71. The molecular weight excluding hydrogens is 586 g/mol. The zero-order valence-electron chi connectivity index (χ0n) is 19.6. The van der Waals surface area contributed by atoms with Gasteiger partial charge in [-0.1, -0.05) is 0 Å². The number of hydrogen-bond donors (Lipinski definition) is 0. The molecule has 2 aromatic carbocycles. The molecule has 0 bridgehead atoms. The Hall–Kier alpha value is -0.630. The predicted octanol–water partition coefficient (Wildman–Crippen LogP) is 2.37. The quantitative estimate of drug-likeness (QED) is 0.453. The van der Waals surface area contributed by atoms with Crippen LogP contribution in [0.1, 0.15) is 71.1 Å². The maximum atomic E-state index is 2.57. The summed E-state index contributed by atoms with van der Waals surface area (Å²) in [6.07, 6.45) is 5.14. The molecule has 0 radical (unpaired) electrons. The van der Waals surface area contributed by atoms with Gasteiger partial charge in [0, 0.05) is 0 Å². The minimum absolute atomic E-state index is 0. The topological polar surface area (TPSA) is 0 Å². The Labute approximate surface area is 205 Å². The Kier molecular flexibility index (Phi) is 6.69. The first-order chi connectivity index (χ1) is 13.6. The largest absolute Gasteiger partial charge is 1.00 e. The Balaban J connectivity index is 0.00000136. The van der Waals surface area contributed by atoms with Gasteiger partial charge in [0.05, 0.1) is 0 Å². The van der Waals surface area contributed by atoms with Gasteiger partial charge in [0.1, 0.15) is 0 Å². The van der Waals surface area contributed by atoms with Crippen molar-refractivity contribution in [1.29, 1.82) is 0 Å². The second-order valence-electron chi connectivity index (χ2n) is 11.6. The second-order valence-corrected chi connectivity index (χ2v) is 28.2. The van der Waals surface area contributed by atoms with Crippen LogP contribution in [-0.2, 0) is 20.0 Å². The van der Waals surface area contributed by atoms with Crippen molar-refractivity contribution in [2.75, 3.05) is 0 Å². The molecule has 0 N–H and O–H groups in total. The zero-order valence-corrected chi connectivity index (χ0v) is 24.7. The van der Waals surface area contributed by atoms with Gasteiger partial charge in [0.15, 0.2) is 0 Å². The van der Waals surface area contributed by atoms with Gasteiger partial charge in [-0.15, -0.1) is 0 Å². The van der Waals surface area contributed by atoms with Crippen molar-refractivity contribution < 1.29 is 44.8 Å². The molecule has 1 heterocycles. The fraction of sp³-hybridized carbons (Fsp3) is 0.429. The summed E-state index contributed by atoms with van der Waals surface area (Å²) < 4.78 is 4.60. The third-order valence-corrected chi connectivity index (χ3v) is 26.2. The summed E-state index contributed by atoms with van der Waals surface area (Å²) in [6.45, 7) is 14.6. The number of benzene rings is 2. The maximum Gasteiger partial charge on any atom is -1.00 e. The van der Waals surface area contributed by atoms with Crippen LogP contribution in [0.2, 0.25) is 8.35 Å². The molecule has 0 nitrogen and oxygen atoms in total. The monoisotopic (exact) mass is 620 g/mol. The summed E-state index contributed by atoms with van der Waals surface area (Å²) in [5, 5.41) is 0. The van der Waals surface area contributed by atoms with Gasteiger partial charge in [-0.2, -0.15) is 0 Å². The molecule has 2 aromatic rings. The summed E-state index contributed by atoms with van der Waals surface area (Å²) in [7, 11) is 0. The SMILES string of the molecule is CC(C)(C)C1=Cc2ccccc2[CH]1[Hf+2]1([CH]2C(C(C)(C)C)=Cc3ccccc32)[CH2][CH2]1.[Cl-].[Cl-]. The average molecular weight is 620 g/mol. The van der Waals surface area contributed by atoms with E-state index in [4.69, 9.17) is 0 Å². The average Bonchev–Trinajstić information content (AvgIpc) is 3.16. The number of hydrogen-bond acceptors (Lipinski definition) is 0. The molecule has 3 aliphatic rings. The molecule has 5 rings (SSSR count). The van der Waals surface area contributed by atoms with Crippen LogP contribution < -0.4 is 24.8 Å². The van der Waals surface area contributed by atoms with Crippen LogP contribution in [0.15, 0.2) is 59.7 Å². The van der Waals surface area contributed by atoms with Crippen molar-refractivity contribution >= 4 is 12.2 Å². The van der Waals surface area contributed by atoms with Crippen molar-refractivity contribution in [1.82, 2.24) is 0 Å². The third-order valence-electron chi connectivity index (χ3n) is 7.57. The number of rotatable bonds is 2. The van der Waals surface area contributed by atoms with E-state index in [1.807, 2.05) is 0 Å². The summed E-state index contributed by atoms with van der Waals surface area (Å²) in [5.41, 5.74) is 10.3. The van der Waals surface area contributed by atoms with Gasteiger partial charge < -0.3 is 24.8 Å². The molecule has 2 unspecified atom stereocenters. The van der Waals surface area contributed by atoms with Gasteiger partial charge >= 0.3 is 182 Å². The van der Waals surface area contributed by atoms with E-state index in [2.05, 4.69) is 102 Å². The van der Waals surface area contributed by atoms with E-state index in [1.165, 1.54) is 11.1 Å². The van der Waals surface area contributed by atoms with Crippen molar-refractivity contribution in [2.24, 2.45) is 10.8 Å². The van der Waals surface area contributed by atoms with Crippen LogP contribution in [-0.4, -0.2) is 0 Å². The first kappa shape index (κ1) is 25.0. The molecule has 2 atom stereocenters. The minimum Gasteiger partial charge on any atom is -1.00 e. The molecule has 0 amide bonds. The number of halogens is 2. The van der Waals surface area contributed by atoms with E-state index in [0.29, 0.717) is 0 Å². The molecular formula is C28H34Cl2Hf. The molecule has 1 aliphatic heterocycles. The molecule has 164 valence electrons. The van der Waals surface area contributed by atoms with Gasteiger partial charge in [0.2, 0.25) is 0 Å². The molecule has 3 heteroatoms. The molecule has 0 saturated carbocycles. The van der Waals surface area contributed by atoms with Crippen LogP contribution in [0.25, 0.3) is 12.2 Å². The molecule has 31 heavy (non-hydrogen) atoms. The van der Waals surface area contributed by atoms with Crippen molar-refractivity contribution in [2.45, 2.75) is 57.2 Å². The van der Waals surface area contributed by atoms with Gasteiger partial charge in [-0.05, 0) is 0 Å². The summed E-state index contributed by atoms with van der Waals surface area (Å²) in [5.74, 6) is 0. The third kappa shape index (κ3) is 3.98. The van der Waals surface area contributed by atoms with Gasteiger partial charge in [-0.3, -0.25) is 0 Å². The number of allylic oxidation sites excluding steroid dienone is 2. The standard InChI is InChI=1S/2C13H15.C2H4.2ClH.Hf/c2*1-13(2,3)12-8-10-6-4-5-7-11(10)9-12;1-2;;;/h2*4-9H,1-3H3;1-2H2;2*1H;/q;;;;;+2/p-2. The normalized spacial score (nSPS) is 22.0. The summed E-state index contributed by atoms with van der Waals surface area (Å²) >= 11 is -2.71. The first-order valence-electron chi connectivity index (χ1n) is 11.2. The van der Waals surface area contributed by atoms with Crippen molar-refractivity contribution in [3.8, 4) is 0 Å². The number of fused-ring (bicyclic) bond motifs is 2. The van der Waals surface area contributed by atoms with Crippen LogP contribution in [0.4, 0.5) is 0 Å². The smallest absolute Gasteiger partial charge is 1.00 e. The minimum atomic E-state index is -2.71. The fourth-order valence-electron chi connectivity index (χ4n) is 6.07. The van der Waals surface area contributed by atoms with Crippen LogP contribution in [0.3, 0.4) is 0 Å².